The molecule has 5 nitrogen and oxygen atoms in total. The lowest BCUT2D eigenvalue weighted by Gasteiger charge is -2.15. The highest BCUT2D eigenvalue weighted by Crippen LogP contribution is 2.09. The van der Waals surface area contributed by atoms with Crippen LogP contribution in [0.5, 0.6) is 5.75 Å². The number of hydrogen-bond acceptors (Lipinski definition) is 4. The van der Waals surface area contributed by atoms with Gasteiger partial charge in [-0.1, -0.05) is 23.4 Å². The highest BCUT2D eigenvalue weighted by atomic mass is 16.5. The van der Waals surface area contributed by atoms with Gasteiger partial charge in [-0.2, -0.15) is 0 Å². The number of nitrogens with one attached hydrogen (secondary N) is 1. The molecule has 1 atom stereocenters. The van der Waals surface area contributed by atoms with Gasteiger partial charge in [-0.15, -0.1) is 5.10 Å². The van der Waals surface area contributed by atoms with Crippen molar-refractivity contribution >= 4 is 0 Å². The number of aromatic nitrogens is 3. The van der Waals surface area contributed by atoms with Gasteiger partial charge in [0.15, 0.2) is 0 Å². The Kier molecular flexibility index (Phi) is 4.30. The van der Waals surface area contributed by atoms with E-state index in [1.54, 1.807) is 4.68 Å². The summed E-state index contributed by atoms with van der Waals surface area (Å²) < 4.78 is 7.43. The minimum atomic E-state index is 0.224. The first kappa shape index (κ1) is 12.6. The van der Waals surface area contributed by atoms with E-state index in [4.69, 9.17) is 4.74 Å². The third kappa shape index (κ3) is 3.56. The molecule has 2 rings (SSSR count). The SMILES string of the molecule is CNC(COc1ccccc1)Cc1cn(C)nn1. The maximum absolute atomic E-state index is 5.72. The van der Waals surface area contributed by atoms with E-state index < -0.39 is 0 Å². The molecule has 1 heterocycles. The molecule has 1 unspecified atom stereocenters. The second kappa shape index (κ2) is 6.16. The Labute approximate surface area is 107 Å². The molecule has 0 spiro atoms. The maximum Gasteiger partial charge on any atom is 0.119 e. The summed E-state index contributed by atoms with van der Waals surface area (Å²) in [7, 11) is 3.79. The van der Waals surface area contributed by atoms with E-state index in [-0.39, 0.29) is 6.04 Å². The molecule has 5 heteroatoms. The Morgan fingerprint density at radius 1 is 1.33 bits per heavy atom. The Morgan fingerprint density at radius 2 is 2.11 bits per heavy atom. The quantitative estimate of drug-likeness (QED) is 0.827. The maximum atomic E-state index is 5.72. The molecule has 0 aliphatic carbocycles. The Morgan fingerprint density at radius 3 is 2.72 bits per heavy atom. The summed E-state index contributed by atoms with van der Waals surface area (Å²) >= 11 is 0. The van der Waals surface area contributed by atoms with Crippen LogP contribution in [0.1, 0.15) is 5.69 Å². The van der Waals surface area contributed by atoms with Gasteiger partial charge in [0.1, 0.15) is 12.4 Å². The lowest BCUT2D eigenvalue weighted by atomic mass is 10.2. The zero-order chi connectivity index (χ0) is 12.8. The van der Waals surface area contributed by atoms with Crippen LogP contribution in [0.4, 0.5) is 0 Å². The van der Waals surface area contributed by atoms with Gasteiger partial charge in [0, 0.05) is 25.7 Å². The Hall–Kier alpha value is -1.88. The van der Waals surface area contributed by atoms with E-state index in [2.05, 4.69) is 15.6 Å². The Balaban J connectivity index is 1.86. The van der Waals surface area contributed by atoms with E-state index >= 15 is 0 Å². The second-order valence-corrected chi connectivity index (χ2v) is 4.20. The van der Waals surface area contributed by atoms with Crippen molar-refractivity contribution in [3.8, 4) is 5.75 Å². The molecule has 0 saturated heterocycles. The van der Waals surface area contributed by atoms with Crippen LogP contribution in [0.25, 0.3) is 0 Å². The zero-order valence-electron chi connectivity index (χ0n) is 10.7. The van der Waals surface area contributed by atoms with Gasteiger partial charge in [-0.25, -0.2) is 0 Å². The number of aryl methyl sites for hydroxylation is 1. The molecule has 0 amide bonds. The molecule has 0 bridgehead atoms. The first-order valence-electron chi connectivity index (χ1n) is 5.98. The summed E-state index contributed by atoms with van der Waals surface area (Å²) in [6.45, 7) is 0.608. The molecule has 0 radical (unpaired) electrons. The van der Waals surface area contributed by atoms with E-state index in [1.165, 1.54) is 0 Å². The van der Waals surface area contributed by atoms with Crippen molar-refractivity contribution in [2.75, 3.05) is 13.7 Å². The molecule has 96 valence electrons. The van der Waals surface area contributed by atoms with Crippen molar-refractivity contribution in [1.29, 1.82) is 0 Å². The van der Waals surface area contributed by atoms with Crippen LogP contribution >= 0.6 is 0 Å². The topological polar surface area (TPSA) is 52.0 Å². The standard InChI is InChI=1S/C13H18N4O/c1-14-12(8-11-9-17(2)16-15-11)10-18-13-6-4-3-5-7-13/h3-7,9,12,14H,8,10H2,1-2H3. The van der Waals surface area contributed by atoms with Crippen molar-refractivity contribution < 1.29 is 4.74 Å². The van der Waals surface area contributed by atoms with Crippen LogP contribution in [-0.4, -0.2) is 34.7 Å². The summed E-state index contributed by atoms with van der Waals surface area (Å²) in [5.74, 6) is 0.886. The van der Waals surface area contributed by atoms with Crippen LogP contribution in [-0.2, 0) is 13.5 Å². The minimum Gasteiger partial charge on any atom is -0.492 e. The largest absolute Gasteiger partial charge is 0.492 e. The number of benzene rings is 1. The highest BCUT2D eigenvalue weighted by Gasteiger charge is 2.10. The molecule has 0 aliphatic heterocycles. The fraction of sp³-hybridized carbons (Fsp3) is 0.385. The number of nitrogens with zero attached hydrogens (tertiary/aromatic N) is 3. The van der Waals surface area contributed by atoms with E-state index in [0.717, 1.165) is 17.9 Å². The summed E-state index contributed by atoms with van der Waals surface area (Å²) in [5.41, 5.74) is 0.966. The van der Waals surface area contributed by atoms with E-state index in [1.807, 2.05) is 50.6 Å². The molecule has 1 aromatic carbocycles. The Bertz CT molecular complexity index is 469. The van der Waals surface area contributed by atoms with Gasteiger partial charge >= 0.3 is 0 Å². The van der Waals surface area contributed by atoms with Crippen LogP contribution in [0.15, 0.2) is 36.5 Å². The van der Waals surface area contributed by atoms with E-state index in [9.17, 15) is 0 Å². The average Bonchev–Trinajstić information content (AvgIpc) is 2.81. The molecule has 0 saturated carbocycles. The van der Waals surface area contributed by atoms with Crippen molar-refractivity contribution in [1.82, 2.24) is 20.3 Å². The van der Waals surface area contributed by atoms with E-state index in [0.29, 0.717) is 6.61 Å². The van der Waals surface area contributed by atoms with Crippen molar-refractivity contribution in [3.63, 3.8) is 0 Å². The number of likely N-dealkylation sites (N-methyl/N-ethyl adjacent to an activating group) is 1. The van der Waals surface area contributed by atoms with Gasteiger partial charge in [0.05, 0.1) is 5.69 Å². The zero-order valence-corrected chi connectivity index (χ0v) is 10.7. The minimum absolute atomic E-state index is 0.224. The van der Waals surface area contributed by atoms with Crippen molar-refractivity contribution in [2.45, 2.75) is 12.5 Å². The first-order chi connectivity index (χ1) is 8.78. The molecule has 1 aromatic heterocycles. The van der Waals surface area contributed by atoms with Gasteiger partial charge in [-0.05, 0) is 19.2 Å². The summed E-state index contributed by atoms with van der Waals surface area (Å²) in [6, 6.07) is 10.0. The lowest BCUT2D eigenvalue weighted by Crippen LogP contribution is -2.33. The summed E-state index contributed by atoms with van der Waals surface area (Å²) in [4.78, 5) is 0. The summed E-state index contributed by atoms with van der Waals surface area (Å²) in [5, 5.41) is 11.2. The van der Waals surface area contributed by atoms with Crippen molar-refractivity contribution in [3.05, 3.63) is 42.2 Å². The normalized spacial score (nSPS) is 12.3. The van der Waals surface area contributed by atoms with Gasteiger partial charge < -0.3 is 10.1 Å². The number of hydrogen-bond donors (Lipinski definition) is 1. The third-order valence-corrected chi connectivity index (χ3v) is 2.71. The average molecular weight is 246 g/mol. The molecule has 18 heavy (non-hydrogen) atoms. The highest BCUT2D eigenvalue weighted by molar-refractivity contribution is 5.21. The second-order valence-electron chi connectivity index (χ2n) is 4.20. The van der Waals surface area contributed by atoms with Crippen LogP contribution in [0, 0.1) is 0 Å². The fourth-order valence-electron chi connectivity index (χ4n) is 1.70. The first-order valence-corrected chi connectivity index (χ1v) is 5.98. The van der Waals surface area contributed by atoms with Crippen LogP contribution < -0.4 is 10.1 Å². The molecule has 1 N–H and O–H groups in total. The molecule has 0 fully saturated rings. The molecular formula is C13H18N4O. The van der Waals surface area contributed by atoms with Crippen molar-refractivity contribution in [2.24, 2.45) is 7.05 Å². The molecular weight excluding hydrogens is 228 g/mol. The number of ether oxygens (including phenoxy) is 1. The predicted octanol–water partition coefficient (Wildman–Crippen LogP) is 1.02. The van der Waals surface area contributed by atoms with Gasteiger partial charge in [0.25, 0.3) is 0 Å². The summed E-state index contributed by atoms with van der Waals surface area (Å²) in [6.07, 6.45) is 2.73. The third-order valence-electron chi connectivity index (χ3n) is 2.71. The monoisotopic (exact) mass is 246 g/mol. The molecule has 2 aromatic rings. The van der Waals surface area contributed by atoms with Crippen LogP contribution in [0.2, 0.25) is 0 Å². The predicted molar refractivity (Wildman–Crippen MR) is 69.5 cm³/mol. The molecule has 0 aliphatic rings. The fourth-order valence-corrected chi connectivity index (χ4v) is 1.70. The lowest BCUT2D eigenvalue weighted by molar-refractivity contribution is 0.269. The van der Waals surface area contributed by atoms with Gasteiger partial charge in [-0.3, -0.25) is 4.68 Å². The number of para-hydroxylation sites is 1. The number of rotatable bonds is 6. The smallest absolute Gasteiger partial charge is 0.119 e. The van der Waals surface area contributed by atoms with Crippen LogP contribution in [0.3, 0.4) is 0 Å². The van der Waals surface area contributed by atoms with Gasteiger partial charge in [0.2, 0.25) is 0 Å².